The average molecular weight is 371 g/mol. The van der Waals surface area contributed by atoms with Gasteiger partial charge in [-0.3, -0.25) is 4.57 Å². The molecule has 0 bridgehead atoms. The van der Waals surface area contributed by atoms with E-state index in [0.717, 1.165) is 54.2 Å². The van der Waals surface area contributed by atoms with Gasteiger partial charge in [-0.05, 0) is 31.0 Å². The van der Waals surface area contributed by atoms with Gasteiger partial charge in [0.25, 0.3) is 0 Å². The van der Waals surface area contributed by atoms with Crippen molar-refractivity contribution < 1.29 is 0 Å². The summed E-state index contributed by atoms with van der Waals surface area (Å²) in [5, 5.41) is 0. The van der Waals surface area contributed by atoms with Gasteiger partial charge in [0.1, 0.15) is 0 Å². The second-order valence-electron chi connectivity index (χ2n) is 7.14. The fraction of sp³-hybridized carbons (Fsp3) is 0.227. The molecule has 0 atom stereocenters. The van der Waals surface area contributed by atoms with Crippen LogP contribution in [0.15, 0.2) is 71.7 Å². The van der Waals surface area contributed by atoms with Crippen molar-refractivity contribution in [2.45, 2.75) is 18.9 Å². The predicted molar refractivity (Wildman–Crippen MR) is 111 cm³/mol. The fourth-order valence-electron chi connectivity index (χ4n) is 4.03. The second kappa shape index (κ2) is 6.96. The highest BCUT2D eigenvalue weighted by Gasteiger charge is 2.24. The lowest BCUT2D eigenvalue weighted by Gasteiger charge is -2.32. The lowest BCUT2D eigenvalue weighted by molar-refractivity contribution is 0.394. The van der Waals surface area contributed by atoms with Gasteiger partial charge in [-0.2, -0.15) is 0 Å². The Kier molecular flexibility index (Phi) is 4.16. The van der Waals surface area contributed by atoms with E-state index >= 15 is 0 Å². The molecule has 4 aromatic rings. The van der Waals surface area contributed by atoms with Gasteiger partial charge >= 0.3 is 5.69 Å². The summed E-state index contributed by atoms with van der Waals surface area (Å²) >= 11 is 0. The molecule has 2 aromatic heterocycles. The summed E-state index contributed by atoms with van der Waals surface area (Å²) < 4.78 is 1.91. The van der Waals surface area contributed by atoms with Crippen LogP contribution in [-0.4, -0.2) is 32.6 Å². The Morgan fingerprint density at radius 2 is 1.68 bits per heavy atom. The molecule has 0 aliphatic carbocycles. The SMILES string of the molecule is O=c1[nH]c2ccccc2n1C1CCN(c2nccc(-c3ccccc3)n2)CC1. The van der Waals surface area contributed by atoms with Crippen molar-refractivity contribution in [2.75, 3.05) is 18.0 Å². The van der Waals surface area contributed by atoms with Gasteiger partial charge in [0.2, 0.25) is 5.95 Å². The molecule has 6 heteroatoms. The summed E-state index contributed by atoms with van der Waals surface area (Å²) in [5.74, 6) is 0.756. The highest BCUT2D eigenvalue weighted by atomic mass is 16.1. The van der Waals surface area contributed by atoms with Crippen LogP contribution in [0.5, 0.6) is 0 Å². The minimum Gasteiger partial charge on any atom is -0.341 e. The molecule has 1 fully saturated rings. The largest absolute Gasteiger partial charge is 0.341 e. The molecule has 1 N–H and O–H groups in total. The van der Waals surface area contributed by atoms with E-state index in [1.54, 1.807) is 0 Å². The zero-order valence-electron chi connectivity index (χ0n) is 15.5. The van der Waals surface area contributed by atoms with E-state index in [2.05, 4.69) is 27.0 Å². The van der Waals surface area contributed by atoms with Crippen molar-refractivity contribution >= 4 is 17.0 Å². The maximum absolute atomic E-state index is 12.5. The normalized spacial score (nSPS) is 15.2. The number of nitrogens with one attached hydrogen (secondary N) is 1. The number of rotatable bonds is 3. The third-order valence-corrected chi connectivity index (χ3v) is 5.45. The molecule has 140 valence electrons. The van der Waals surface area contributed by atoms with Crippen molar-refractivity contribution in [2.24, 2.45) is 0 Å². The summed E-state index contributed by atoms with van der Waals surface area (Å²) in [4.78, 5) is 26.9. The Bertz CT molecular complexity index is 1160. The number of benzene rings is 2. The number of aromatic amines is 1. The second-order valence-corrected chi connectivity index (χ2v) is 7.14. The van der Waals surface area contributed by atoms with E-state index in [1.807, 2.05) is 59.3 Å². The molecule has 2 aromatic carbocycles. The number of nitrogens with zero attached hydrogens (tertiary/aromatic N) is 4. The number of hydrogen-bond donors (Lipinski definition) is 1. The Morgan fingerprint density at radius 1 is 0.929 bits per heavy atom. The monoisotopic (exact) mass is 371 g/mol. The van der Waals surface area contributed by atoms with Crippen molar-refractivity contribution in [1.29, 1.82) is 0 Å². The van der Waals surface area contributed by atoms with Crippen LogP contribution in [0.1, 0.15) is 18.9 Å². The molecule has 1 aliphatic heterocycles. The van der Waals surface area contributed by atoms with Gasteiger partial charge in [0.15, 0.2) is 0 Å². The minimum atomic E-state index is -0.0259. The van der Waals surface area contributed by atoms with E-state index in [9.17, 15) is 4.79 Å². The number of piperidine rings is 1. The maximum atomic E-state index is 12.5. The first kappa shape index (κ1) is 16.7. The van der Waals surface area contributed by atoms with Gasteiger partial charge in [0.05, 0.1) is 16.7 Å². The quantitative estimate of drug-likeness (QED) is 0.597. The van der Waals surface area contributed by atoms with Crippen molar-refractivity contribution in [1.82, 2.24) is 19.5 Å². The van der Waals surface area contributed by atoms with Crippen LogP contribution >= 0.6 is 0 Å². The highest BCUT2D eigenvalue weighted by molar-refractivity contribution is 5.75. The maximum Gasteiger partial charge on any atom is 0.326 e. The Balaban J connectivity index is 1.36. The molecule has 6 nitrogen and oxygen atoms in total. The van der Waals surface area contributed by atoms with Gasteiger partial charge in [-0.15, -0.1) is 0 Å². The van der Waals surface area contributed by atoms with E-state index in [1.165, 1.54) is 0 Å². The number of anilines is 1. The number of fused-ring (bicyclic) bond motifs is 1. The van der Waals surface area contributed by atoms with Crippen molar-refractivity contribution in [3.63, 3.8) is 0 Å². The summed E-state index contributed by atoms with van der Waals surface area (Å²) in [6.07, 6.45) is 3.60. The van der Waals surface area contributed by atoms with Gasteiger partial charge in [0, 0.05) is 30.9 Å². The number of imidazole rings is 1. The Morgan fingerprint density at radius 3 is 2.50 bits per heavy atom. The average Bonchev–Trinajstić information content (AvgIpc) is 3.10. The van der Waals surface area contributed by atoms with Crippen LogP contribution in [0.4, 0.5) is 5.95 Å². The topological polar surface area (TPSA) is 66.8 Å². The molecule has 0 radical (unpaired) electrons. The van der Waals surface area contributed by atoms with E-state index in [-0.39, 0.29) is 11.7 Å². The van der Waals surface area contributed by atoms with Crippen LogP contribution in [0, 0.1) is 0 Å². The molecule has 0 unspecified atom stereocenters. The van der Waals surface area contributed by atoms with Crippen LogP contribution in [-0.2, 0) is 0 Å². The Hall–Kier alpha value is -3.41. The van der Waals surface area contributed by atoms with Gasteiger partial charge in [-0.1, -0.05) is 42.5 Å². The van der Waals surface area contributed by atoms with Crippen LogP contribution in [0.2, 0.25) is 0 Å². The predicted octanol–water partition coefficient (Wildman–Crippen LogP) is 3.63. The molecule has 3 heterocycles. The van der Waals surface area contributed by atoms with Crippen LogP contribution < -0.4 is 10.6 Å². The van der Waals surface area contributed by atoms with Crippen LogP contribution in [0.25, 0.3) is 22.3 Å². The third kappa shape index (κ3) is 2.97. The molecule has 0 spiro atoms. The summed E-state index contributed by atoms with van der Waals surface area (Å²) in [7, 11) is 0. The molecular formula is C22H21N5O. The molecule has 1 aliphatic rings. The molecular weight excluding hydrogens is 350 g/mol. The number of aromatic nitrogens is 4. The minimum absolute atomic E-state index is 0.0259. The molecule has 1 saturated heterocycles. The smallest absolute Gasteiger partial charge is 0.326 e. The van der Waals surface area contributed by atoms with E-state index in [4.69, 9.17) is 4.98 Å². The molecule has 28 heavy (non-hydrogen) atoms. The van der Waals surface area contributed by atoms with Crippen molar-refractivity contribution in [3.05, 3.63) is 77.3 Å². The van der Waals surface area contributed by atoms with Crippen LogP contribution in [0.3, 0.4) is 0 Å². The zero-order valence-corrected chi connectivity index (χ0v) is 15.5. The van der Waals surface area contributed by atoms with E-state index in [0.29, 0.717) is 0 Å². The third-order valence-electron chi connectivity index (χ3n) is 5.45. The molecule has 0 amide bonds. The lowest BCUT2D eigenvalue weighted by Crippen LogP contribution is -2.37. The number of H-pyrrole nitrogens is 1. The molecule has 5 rings (SSSR count). The first-order valence-electron chi connectivity index (χ1n) is 9.62. The fourth-order valence-corrected chi connectivity index (χ4v) is 4.03. The molecule has 0 saturated carbocycles. The first-order valence-corrected chi connectivity index (χ1v) is 9.62. The van der Waals surface area contributed by atoms with Crippen molar-refractivity contribution in [3.8, 4) is 11.3 Å². The van der Waals surface area contributed by atoms with Gasteiger partial charge < -0.3 is 9.88 Å². The zero-order chi connectivity index (χ0) is 18.9. The van der Waals surface area contributed by atoms with Gasteiger partial charge in [-0.25, -0.2) is 14.8 Å². The lowest BCUT2D eigenvalue weighted by atomic mass is 10.0. The number of para-hydroxylation sites is 2. The first-order chi connectivity index (χ1) is 13.8. The van der Waals surface area contributed by atoms with E-state index < -0.39 is 0 Å². The highest BCUT2D eigenvalue weighted by Crippen LogP contribution is 2.27. The Labute approximate surface area is 162 Å². The summed E-state index contributed by atoms with van der Waals surface area (Å²) in [6, 6.07) is 20.2. The number of hydrogen-bond acceptors (Lipinski definition) is 4. The summed E-state index contributed by atoms with van der Waals surface area (Å²) in [6.45, 7) is 1.66. The summed E-state index contributed by atoms with van der Waals surface area (Å²) in [5.41, 5.74) is 3.87. The standard InChI is InChI=1S/C22H21N5O/c28-22-25-19-8-4-5-9-20(19)27(22)17-11-14-26(15-12-17)21-23-13-10-18(24-21)16-6-2-1-3-7-16/h1-10,13,17H,11-12,14-15H2,(H,25,28).